The molecule has 0 unspecified atom stereocenters. The second-order valence-electron chi connectivity index (χ2n) is 4.10. The Morgan fingerprint density at radius 3 is 3.00 bits per heavy atom. The van der Waals surface area contributed by atoms with Crippen LogP contribution in [0, 0.1) is 0 Å². The molecule has 2 heterocycles. The quantitative estimate of drug-likeness (QED) is 0.783. The highest BCUT2D eigenvalue weighted by molar-refractivity contribution is 7.21. The fourth-order valence-corrected chi connectivity index (χ4v) is 2.86. The van der Waals surface area contributed by atoms with Crippen molar-refractivity contribution in [2.24, 2.45) is 5.73 Å². The third-order valence-corrected chi connectivity index (χ3v) is 3.88. The van der Waals surface area contributed by atoms with Crippen molar-refractivity contribution in [1.82, 2.24) is 9.97 Å². The van der Waals surface area contributed by atoms with E-state index in [1.54, 1.807) is 23.7 Å². The van der Waals surface area contributed by atoms with Crippen LogP contribution in [-0.4, -0.2) is 16.5 Å². The van der Waals surface area contributed by atoms with Crippen molar-refractivity contribution < 1.29 is 0 Å². The monoisotopic (exact) mass is 255 g/mol. The zero-order chi connectivity index (χ0) is 12.4. The number of fused-ring (bicyclic) bond motifs is 1. The van der Waals surface area contributed by atoms with Gasteiger partial charge in [0.2, 0.25) is 0 Å². The molecule has 4 heteroatoms. The number of aromatic nitrogens is 2. The summed E-state index contributed by atoms with van der Waals surface area (Å²) in [7, 11) is 0. The second-order valence-corrected chi connectivity index (χ2v) is 5.13. The van der Waals surface area contributed by atoms with Gasteiger partial charge in [0.05, 0.1) is 10.9 Å². The Labute approximate surface area is 109 Å². The largest absolute Gasteiger partial charge is 0.330 e. The number of nitrogens with two attached hydrogens (primary N) is 1. The first kappa shape index (κ1) is 11.3. The van der Waals surface area contributed by atoms with Gasteiger partial charge in [-0.1, -0.05) is 18.2 Å². The van der Waals surface area contributed by atoms with Gasteiger partial charge in [-0.2, -0.15) is 0 Å². The Kier molecular flexibility index (Phi) is 3.04. The Hall–Kier alpha value is -1.78. The highest BCUT2D eigenvalue weighted by Gasteiger charge is 2.06. The summed E-state index contributed by atoms with van der Waals surface area (Å²) in [6.07, 6.45) is 4.51. The lowest BCUT2D eigenvalue weighted by Crippen LogP contribution is -2.02. The topological polar surface area (TPSA) is 51.8 Å². The van der Waals surface area contributed by atoms with Crippen LogP contribution in [-0.2, 0) is 6.42 Å². The maximum absolute atomic E-state index is 5.59. The molecule has 0 aliphatic heterocycles. The van der Waals surface area contributed by atoms with Crippen LogP contribution in [0.5, 0.6) is 0 Å². The van der Waals surface area contributed by atoms with Crippen molar-refractivity contribution in [3.05, 3.63) is 48.3 Å². The van der Waals surface area contributed by atoms with Gasteiger partial charge in [0.25, 0.3) is 0 Å². The summed E-state index contributed by atoms with van der Waals surface area (Å²) in [5.74, 6) is 0. The molecule has 0 saturated carbocycles. The van der Waals surface area contributed by atoms with E-state index in [-0.39, 0.29) is 0 Å². The van der Waals surface area contributed by atoms with E-state index in [0.29, 0.717) is 6.54 Å². The summed E-state index contributed by atoms with van der Waals surface area (Å²) >= 11 is 1.69. The predicted molar refractivity (Wildman–Crippen MR) is 75.6 cm³/mol. The summed E-state index contributed by atoms with van der Waals surface area (Å²) in [6, 6.07) is 10.4. The molecular weight excluding hydrogens is 242 g/mol. The van der Waals surface area contributed by atoms with E-state index in [2.05, 4.69) is 34.2 Å². The molecule has 1 aromatic carbocycles. The van der Waals surface area contributed by atoms with Crippen LogP contribution in [0.3, 0.4) is 0 Å². The lowest BCUT2D eigenvalue weighted by molar-refractivity contribution is 0.969. The molecule has 3 nitrogen and oxygen atoms in total. The molecule has 0 bridgehead atoms. The minimum absolute atomic E-state index is 0.674. The third-order valence-electron chi connectivity index (χ3n) is 2.80. The summed E-state index contributed by atoms with van der Waals surface area (Å²) < 4.78 is 1.17. The first-order chi connectivity index (χ1) is 8.86. The Balaban J connectivity index is 2.05. The molecule has 0 aliphatic carbocycles. The van der Waals surface area contributed by atoms with E-state index < -0.39 is 0 Å². The van der Waals surface area contributed by atoms with Gasteiger partial charge in [-0.05, 0) is 30.7 Å². The van der Waals surface area contributed by atoms with Crippen molar-refractivity contribution >= 4 is 21.6 Å². The van der Waals surface area contributed by atoms with Gasteiger partial charge in [-0.15, -0.1) is 11.3 Å². The molecule has 0 fully saturated rings. The Morgan fingerprint density at radius 1 is 1.22 bits per heavy atom. The minimum atomic E-state index is 0.674. The molecule has 18 heavy (non-hydrogen) atoms. The average Bonchev–Trinajstić information content (AvgIpc) is 2.83. The second kappa shape index (κ2) is 4.84. The lowest BCUT2D eigenvalue weighted by atomic mass is 10.1. The smallest absolute Gasteiger partial charge is 0.124 e. The van der Waals surface area contributed by atoms with Crippen LogP contribution in [0.1, 0.15) is 5.56 Å². The maximum atomic E-state index is 5.59. The zero-order valence-corrected chi connectivity index (χ0v) is 10.7. The maximum Gasteiger partial charge on any atom is 0.124 e. The molecule has 2 N–H and O–H groups in total. The average molecular weight is 255 g/mol. The van der Waals surface area contributed by atoms with Crippen LogP contribution in [0.15, 0.2) is 42.7 Å². The fourth-order valence-electron chi connectivity index (χ4n) is 1.93. The first-order valence-electron chi connectivity index (χ1n) is 5.87. The summed E-state index contributed by atoms with van der Waals surface area (Å²) in [5.41, 5.74) is 8.96. The zero-order valence-electron chi connectivity index (χ0n) is 9.84. The molecule has 90 valence electrons. The number of thiazole rings is 1. The van der Waals surface area contributed by atoms with Crippen LogP contribution in [0.2, 0.25) is 0 Å². The molecule has 2 aromatic heterocycles. The Morgan fingerprint density at radius 2 is 2.17 bits per heavy atom. The minimum Gasteiger partial charge on any atom is -0.330 e. The van der Waals surface area contributed by atoms with Gasteiger partial charge in [0.15, 0.2) is 0 Å². The van der Waals surface area contributed by atoms with Gasteiger partial charge in [0.1, 0.15) is 10.5 Å². The number of benzene rings is 1. The van der Waals surface area contributed by atoms with Crippen molar-refractivity contribution in [2.75, 3.05) is 6.54 Å². The van der Waals surface area contributed by atoms with Gasteiger partial charge < -0.3 is 5.73 Å². The SMILES string of the molecule is NCCc1cccc(-c2nc3cnccc3s2)c1. The molecule has 0 radical (unpaired) electrons. The molecule has 0 saturated heterocycles. The normalized spacial score (nSPS) is 10.9. The molecule has 0 amide bonds. The standard InChI is InChI=1S/C14H13N3S/c15-6-4-10-2-1-3-11(8-10)14-17-12-9-16-7-5-13(12)18-14/h1-3,5,7-9H,4,6,15H2. The molecular formula is C14H13N3S. The number of pyridine rings is 1. The lowest BCUT2D eigenvalue weighted by Gasteiger charge is -2.01. The summed E-state index contributed by atoms with van der Waals surface area (Å²) in [5, 5.41) is 1.04. The number of rotatable bonds is 3. The van der Waals surface area contributed by atoms with Gasteiger partial charge in [-0.25, -0.2) is 4.98 Å². The first-order valence-corrected chi connectivity index (χ1v) is 6.68. The van der Waals surface area contributed by atoms with Crippen molar-refractivity contribution in [3.8, 4) is 10.6 Å². The van der Waals surface area contributed by atoms with Gasteiger partial charge in [0, 0.05) is 11.8 Å². The fraction of sp³-hybridized carbons (Fsp3) is 0.143. The van der Waals surface area contributed by atoms with Crippen molar-refractivity contribution in [1.29, 1.82) is 0 Å². The van der Waals surface area contributed by atoms with Crippen molar-refractivity contribution in [3.63, 3.8) is 0 Å². The predicted octanol–water partition coefficient (Wildman–Crippen LogP) is 2.86. The van der Waals surface area contributed by atoms with Crippen LogP contribution in [0.4, 0.5) is 0 Å². The molecule has 3 aromatic rings. The molecule has 3 rings (SSSR count). The summed E-state index contributed by atoms with van der Waals surface area (Å²) in [4.78, 5) is 8.70. The van der Waals surface area contributed by atoms with Crippen LogP contribution in [0.25, 0.3) is 20.8 Å². The molecule has 0 atom stereocenters. The van der Waals surface area contributed by atoms with Crippen molar-refractivity contribution in [2.45, 2.75) is 6.42 Å². The van der Waals surface area contributed by atoms with E-state index in [9.17, 15) is 0 Å². The van der Waals surface area contributed by atoms with Crippen LogP contribution >= 0.6 is 11.3 Å². The molecule has 0 spiro atoms. The van der Waals surface area contributed by atoms with E-state index in [1.165, 1.54) is 10.3 Å². The van der Waals surface area contributed by atoms with E-state index >= 15 is 0 Å². The number of nitrogens with zero attached hydrogens (tertiary/aromatic N) is 2. The molecule has 0 aliphatic rings. The van der Waals surface area contributed by atoms with E-state index in [1.807, 2.05) is 6.07 Å². The van der Waals surface area contributed by atoms with E-state index in [0.717, 1.165) is 22.5 Å². The highest BCUT2D eigenvalue weighted by Crippen LogP contribution is 2.29. The number of hydrogen-bond donors (Lipinski definition) is 1. The van der Waals surface area contributed by atoms with Gasteiger partial charge in [-0.3, -0.25) is 4.98 Å². The summed E-state index contributed by atoms with van der Waals surface area (Å²) in [6.45, 7) is 0.674. The number of hydrogen-bond acceptors (Lipinski definition) is 4. The van der Waals surface area contributed by atoms with E-state index in [4.69, 9.17) is 5.73 Å². The van der Waals surface area contributed by atoms with Crippen LogP contribution < -0.4 is 5.73 Å². The third kappa shape index (κ3) is 2.12. The van der Waals surface area contributed by atoms with Gasteiger partial charge >= 0.3 is 0 Å². The Bertz CT molecular complexity index is 642. The highest BCUT2D eigenvalue weighted by atomic mass is 32.1.